The van der Waals surface area contributed by atoms with Gasteiger partial charge in [-0.3, -0.25) is 9.59 Å². The largest absolute Gasteiger partial charge is 0.454 e. The van der Waals surface area contributed by atoms with Crippen molar-refractivity contribution < 1.29 is 19.1 Å². The predicted molar refractivity (Wildman–Crippen MR) is 67.6 cm³/mol. The number of nitrogens with zero attached hydrogens (tertiary/aromatic N) is 1. The highest BCUT2D eigenvalue weighted by Gasteiger charge is 2.26. The second-order valence-electron chi connectivity index (χ2n) is 4.79. The van der Waals surface area contributed by atoms with Gasteiger partial charge in [0, 0.05) is 20.0 Å². The fourth-order valence-electron chi connectivity index (χ4n) is 2.73. The minimum atomic E-state index is 0.0699. The van der Waals surface area contributed by atoms with Crippen molar-refractivity contribution in [3.63, 3.8) is 0 Å². The second-order valence-corrected chi connectivity index (χ2v) is 4.79. The summed E-state index contributed by atoms with van der Waals surface area (Å²) >= 11 is 0. The second kappa shape index (κ2) is 4.57. The van der Waals surface area contributed by atoms with Crippen LogP contribution in [-0.4, -0.2) is 37.0 Å². The fourth-order valence-corrected chi connectivity index (χ4v) is 2.73. The van der Waals surface area contributed by atoms with Crippen molar-refractivity contribution in [3.8, 4) is 11.5 Å². The molecular weight excluding hydrogens is 246 g/mol. The standard InChI is InChI=1S/C14H15NO4/c1-9(17)15-4-2-10-6-13-14(19-8-18-13)12(7-16)11(10)3-5-15/h6-7H,2-5,8H2,1H3. The average molecular weight is 261 g/mol. The first-order chi connectivity index (χ1) is 9.20. The lowest BCUT2D eigenvalue weighted by molar-refractivity contribution is -0.128. The van der Waals surface area contributed by atoms with E-state index in [4.69, 9.17) is 9.47 Å². The molecule has 2 heterocycles. The number of rotatable bonds is 1. The summed E-state index contributed by atoms with van der Waals surface area (Å²) in [6.45, 7) is 3.06. The van der Waals surface area contributed by atoms with E-state index in [1.54, 1.807) is 11.8 Å². The molecule has 0 atom stereocenters. The zero-order valence-corrected chi connectivity index (χ0v) is 10.8. The molecule has 0 saturated carbocycles. The van der Waals surface area contributed by atoms with Gasteiger partial charge in [-0.2, -0.15) is 0 Å². The van der Waals surface area contributed by atoms with E-state index in [-0.39, 0.29) is 12.7 Å². The van der Waals surface area contributed by atoms with Gasteiger partial charge in [0.25, 0.3) is 0 Å². The highest BCUT2D eigenvalue weighted by molar-refractivity contribution is 5.85. The summed E-state index contributed by atoms with van der Waals surface area (Å²) in [5.74, 6) is 1.25. The molecule has 0 spiro atoms. The van der Waals surface area contributed by atoms with E-state index in [1.165, 1.54) is 0 Å². The first-order valence-corrected chi connectivity index (χ1v) is 6.35. The predicted octanol–water partition coefficient (Wildman–Crippen LogP) is 1.17. The van der Waals surface area contributed by atoms with E-state index < -0.39 is 0 Å². The Morgan fingerprint density at radius 3 is 2.84 bits per heavy atom. The van der Waals surface area contributed by atoms with Gasteiger partial charge in [0.15, 0.2) is 17.8 Å². The van der Waals surface area contributed by atoms with E-state index >= 15 is 0 Å². The van der Waals surface area contributed by atoms with Crippen molar-refractivity contribution in [2.24, 2.45) is 0 Å². The van der Waals surface area contributed by atoms with Crippen molar-refractivity contribution in [1.82, 2.24) is 4.90 Å². The van der Waals surface area contributed by atoms with Gasteiger partial charge >= 0.3 is 0 Å². The Morgan fingerprint density at radius 2 is 2.11 bits per heavy atom. The maximum absolute atomic E-state index is 11.5. The molecule has 0 bridgehead atoms. The zero-order chi connectivity index (χ0) is 13.4. The van der Waals surface area contributed by atoms with E-state index in [2.05, 4.69) is 0 Å². The number of hydrogen-bond acceptors (Lipinski definition) is 4. The lowest BCUT2D eigenvalue weighted by Crippen LogP contribution is -2.31. The fraction of sp³-hybridized carbons (Fsp3) is 0.429. The lowest BCUT2D eigenvalue weighted by atomic mass is 9.96. The minimum absolute atomic E-state index is 0.0699. The van der Waals surface area contributed by atoms with Crippen molar-refractivity contribution in [1.29, 1.82) is 0 Å². The van der Waals surface area contributed by atoms with Crippen molar-refractivity contribution >= 4 is 12.2 Å². The zero-order valence-electron chi connectivity index (χ0n) is 10.8. The molecule has 0 fully saturated rings. The van der Waals surface area contributed by atoms with Crippen LogP contribution in [0.5, 0.6) is 11.5 Å². The molecule has 2 aliphatic heterocycles. The highest BCUT2D eigenvalue weighted by atomic mass is 16.7. The number of ether oxygens (including phenoxy) is 2. The molecular formula is C14H15NO4. The number of carbonyl (C=O) groups excluding carboxylic acids is 2. The van der Waals surface area contributed by atoms with Gasteiger partial charge in [-0.05, 0) is 30.0 Å². The Balaban J connectivity index is 2.03. The van der Waals surface area contributed by atoms with Gasteiger partial charge in [-0.1, -0.05) is 0 Å². The highest BCUT2D eigenvalue weighted by Crippen LogP contribution is 2.39. The first-order valence-electron chi connectivity index (χ1n) is 6.35. The summed E-state index contributed by atoms with van der Waals surface area (Å²) < 4.78 is 10.7. The Morgan fingerprint density at radius 1 is 1.32 bits per heavy atom. The van der Waals surface area contributed by atoms with Crippen LogP contribution < -0.4 is 9.47 Å². The summed E-state index contributed by atoms with van der Waals surface area (Å²) in [5.41, 5.74) is 2.65. The molecule has 0 N–H and O–H groups in total. The molecule has 1 aromatic rings. The molecule has 19 heavy (non-hydrogen) atoms. The quantitative estimate of drug-likeness (QED) is 0.712. The van der Waals surface area contributed by atoms with Gasteiger partial charge in [-0.15, -0.1) is 0 Å². The maximum Gasteiger partial charge on any atom is 0.231 e. The van der Waals surface area contributed by atoms with Gasteiger partial charge in [0.05, 0.1) is 5.56 Å². The average Bonchev–Trinajstić information content (AvgIpc) is 2.74. The van der Waals surface area contributed by atoms with Crippen LogP contribution in [0.1, 0.15) is 28.4 Å². The van der Waals surface area contributed by atoms with Crippen LogP contribution in [0, 0.1) is 0 Å². The molecule has 100 valence electrons. The SMILES string of the molecule is CC(=O)N1CCc2cc3c(c(C=O)c2CC1)OCO3. The summed E-state index contributed by atoms with van der Waals surface area (Å²) in [6, 6.07) is 1.94. The van der Waals surface area contributed by atoms with Crippen LogP contribution in [0.25, 0.3) is 0 Å². The van der Waals surface area contributed by atoms with Crippen molar-refractivity contribution in [3.05, 3.63) is 22.8 Å². The molecule has 5 heteroatoms. The lowest BCUT2D eigenvalue weighted by Gasteiger charge is -2.17. The van der Waals surface area contributed by atoms with Crippen LogP contribution in [0.4, 0.5) is 0 Å². The number of aldehydes is 1. The molecule has 0 aliphatic carbocycles. The van der Waals surface area contributed by atoms with E-state index in [1.807, 2.05) is 6.07 Å². The van der Waals surface area contributed by atoms with Crippen LogP contribution >= 0.6 is 0 Å². The molecule has 0 saturated heterocycles. The molecule has 3 rings (SSSR count). The minimum Gasteiger partial charge on any atom is -0.454 e. The van der Waals surface area contributed by atoms with Crippen LogP contribution in [-0.2, 0) is 17.6 Å². The summed E-state index contributed by atoms with van der Waals surface area (Å²) in [4.78, 5) is 24.6. The van der Waals surface area contributed by atoms with E-state index in [0.29, 0.717) is 36.6 Å². The number of fused-ring (bicyclic) bond motifs is 2. The van der Waals surface area contributed by atoms with Crippen LogP contribution in [0.3, 0.4) is 0 Å². The Labute approximate surface area is 111 Å². The molecule has 1 aromatic carbocycles. The number of hydrogen-bond donors (Lipinski definition) is 0. The molecule has 1 amide bonds. The van der Waals surface area contributed by atoms with Crippen molar-refractivity contribution in [2.75, 3.05) is 19.9 Å². The summed E-state index contributed by atoms with van der Waals surface area (Å²) in [5, 5.41) is 0. The third kappa shape index (κ3) is 1.95. The van der Waals surface area contributed by atoms with E-state index in [9.17, 15) is 9.59 Å². The molecule has 0 aromatic heterocycles. The molecule has 2 aliphatic rings. The number of amides is 1. The third-order valence-electron chi connectivity index (χ3n) is 3.75. The molecule has 0 unspecified atom stereocenters. The topological polar surface area (TPSA) is 55.8 Å². The van der Waals surface area contributed by atoms with Gasteiger partial charge in [0.2, 0.25) is 12.7 Å². The Bertz CT molecular complexity index is 553. The first kappa shape index (κ1) is 12.0. The van der Waals surface area contributed by atoms with Crippen LogP contribution in [0.2, 0.25) is 0 Å². The summed E-state index contributed by atoms with van der Waals surface area (Å²) in [6.07, 6.45) is 2.25. The third-order valence-corrected chi connectivity index (χ3v) is 3.75. The van der Waals surface area contributed by atoms with Crippen molar-refractivity contribution in [2.45, 2.75) is 19.8 Å². The molecule has 0 radical (unpaired) electrons. The normalized spacial score (nSPS) is 16.8. The Hall–Kier alpha value is -2.04. The molecule has 5 nitrogen and oxygen atoms in total. The van der Waals surface area contributed by atoms with E-state index in [0.717, 1.165) is 23.8 Å². The van der Waals surface area contributed by atoms with Crippen LogP contribution in [0.15, 0.2) is 6.07 Å². The van der Waals surface area contributed by atoms with Gasteiger partial charge in [0.1, 0.15) is 0 Å². The summed E-state index contributed by atoms with van der Waals surface area (Å²) in [7, 11) is 0. The maximum atomic E-state index is 11.5. The van der Waals surface area contributed by atoms with Gasteiger partial charge in [-0.25, -0.2) is 0 Å². The smallest absolute Gasteiger partial charge is 0.231 e. The number of benzene rings is 1. The van der Waals surface area contributed by atoms with Gasteiger partial charge < -0.3 is 14.4 Å². The monoisotopic (exact) mass is 261 g/mol. The Kier molecular flexibility index (Phi) is 2.89. The number of carbonyl (C=O) groups is 2.